The van der Waals surface area contributed by atoms with Gasteiger partial charge in [0.2, 0.25) is 0 Å². The third-order valence-corrected chi connectivity index (χ3v) is 7.33. The summed E-state index contributed by atoms with van der Waals surface area (Å²) in [6, 6.07) is 4.21. The van der Waals surface area contributed by atoms with Crippen molar-refractivity contribution in [3.05, 3.63) is 23.3 Å². The summed E-state index contributed by atoms with van der Waals surface area (Å²) in [5.74, 6) is 2.52. The van der Waals surface area contributed by atoms with Gasteiger partial charge in [-0.05, 0) is 50.4 Å². The van der Waals surface area contributed by atoms with Gasteiger partial charge in [-0.1, -0.05) is 13.0 Å². The van der Waals surface area contributed by atoms with Crippen LogP contribution in [0.5, 0.6) is 11.5 Å². The van der Waals surface area contributed by atoms with Crippen LogP contribution in [-0.2, 0) is 21.5 Å². The van der Waals surface area contributed by atoms with E-state index >= 15 is 0 Å². The van der Waals surface area contributed by atoms with Crippen molar-refractivity contribution in [3.63, 3.8) is 0 Å². The van der Waals surface area contributed by atoms with Gasteiger partial charge in [0.05, 0.1) is 7.11 Å². The van der Waals surface area contributed by atoms with Crippen LogP contribution in [0, 0.1) is 11.8 Å². The van der Waals surface area contributed by atoms with Crippen LogP contribution >= 0.6 is 0 Å². The van der Waals surface area contributed by atoms with E-state index < -0.39 is 0 Å². The van der Waals surface area contributed by atoms with E-state index in [9.17, 15) is 4.79 Å². The first-order valence-electron chi connectivity index (χ1n) is 10.3. The largest absolute Gasteiger partial charge is 0.493 e. The third kappa shape index (κ3) is 2.58. The van der Waals surface area contributed by atoms with E-state index in [1.165, 1.54) is 24.0 Å². The number of nitrogens with zero attached hydrogens (tertiary/aromatic N) is 1. The summed E-state index contributed by atoms with van der Waals surface area (Å²) < 4.78 is 18.1. The van der Waals surface area contributed by atoms with Crippen LogP contribution in [0.25, 0.3) is 0 Å². The molecule has 0 saturated heterocycles. The molecular weight excluding hydrogens is 342 g/mol. The molecule has 2 fully saturated rings. The van der Waals surface area contributed by atoms with Crippen molar-refractivity contribution in [1.82, 2.24) is 4.90 Å². The number of benzene rings is 1. The average molecular weight is 371 g/mol. The average Bonchev–Trinajstić information content (AvgIpc) is 3.35. The molecule has 1 aromatic rings. The second-order valence-corrected chi connectivity index (χ2v) is 8.97. The second kappa shape index (κ2) is 6.13. The quantitative estimate of drug-likeness (QED) is 0.760. The molecule has 2 aliphatic carbocycles. The minimum Gasteiger partial charge on any atom is -0.493 e. The van der Waals surface area contributed by atoms with Crippen LogP contribution in [0.1, 0.15) is 50.2 Å². The highest BCUT2D eigenvalue weighted by Crippen LogP contribution is 2.61. The molecule has 0 radical (unpaired) electrons. The van der Waals surface area contributed by atoms with Gasteiger partial charge < -0.3 is 19.1 Å². The lowest BCUT2D eigenvalue weighted by atomic mass is 9.69. The van der Waals surface area contributed by atoms with Crippen LogP contribution in [-0.4, -0.2) is 43.8 Å². The van der Waals surface area contributed by atoms with E-state index in [1.807, 2.05) is 6.07 Å². The summed E-state index contributed by atoms with van der Waals surface area (Å²) >= 11 is 0. The zero-order chi connectivity index (χ0) is 18.8. The lowest BCUT2D eigenvalue weighted by Gasteiger charge is -2.34. The summed E-state index contributed by atoms with van der Waals surface area (Å²) in [4.78, 5) is 14.7. The minimum atomic E-state index is -0.0888. The fourth-order valence-electron chi connectivity index (χ4n) is 5.64. The number of esters is 1. The van der Waals surface area contributed by atoms with Crippen molar-refractivity contribution in [3.8, 4) is 11.5 Å². The van der Waals surface area contributed by atoms with Crippen molar-refractivity contribution >= 4 is 5.97 Å². The Labute approximate surface area is 161 Å². The Kier molecular flexibility index (Phi) is 3.94. The molecule has 2 heterocycles. The molecule has 1 unspecified atom stereocenters. The number of methoxy groups -OCH3 is 1. The topological polar surface area (TPSA) is 48.0 Å². The molecule has 146 valence electrons. The lowest BCUT2D eigenvalue weighted by Crippen LogP contribution is -2.40. The molecule has 0 aromatic heterocycles. The fraction of sp³-hybridized carbons (Fsp3) is 0.682. The molecule has 5 nitrogen and oxygen atoms in total. The summed E-state index contributed by atoms with van der Waals surface area (Å²) in [5.41, 5.74) is 2.55. The zero-order valence-electron chi connectivity index (χ0n) is 16.5. The maximum absolute atomic E-state index is 12.4. The Morgan fingerprint density at radius 1 is 1.37 bits per heavy atom. The molecule has 27 heavy (non-hydrogen) atoms. The van der Waals surface area contributed by atoms with Crippen LogP contribution in [0.2, 0.25) is 0 Å². The number of rotatable bonds is 4. The molecule has 1 aromatic carbocycles. The van der Waals surface area contributed by atoms with Crippen molar-refractivity contribution in [2.24, 2.45) is 11.8 Å². The van der Waals surface area contributed by atoms with Gasteiger partial charge in [-0.2, -0.15) is 0 Å². The van der Waals surface area contributed by atoms with Gasteiger partial charge in [0.15, 0.2) is 11.5 Å². The van der Waals surface area contributed by atoms with Gasteiger partial charge in [0.1, 0.15) is 12.2 Å². The van der Waals surface area contributed by atoms with E-state index in [-0.39, 0.29) is 29.5 Å². The molecule has 2 aliphatic heterocycles. The smallest absolute Gasteiger partial charge is 0.306 e. The van der Waals surface area contributed by atoms with Crippen molar-refractivity contribution in [2.75, 3.05) is 20.7 Å². The van der Waals surface area contributed by atoms with E-state index in [0.717, 1.165) is 37.4 Å². The van der Waals surface area contributed by atoms with Crippen LogP contribution in [0.3, 0.4) is 0 Å². The maximum Gasteiger partial charge on any atom is 0.306 e. The molecule has 5 heteroatoms. The van der Waals surface area contributed by atoms with Gasteiger partial charge >= 0.3 is 5.97 Å². The van der Waals surface area contributed by atoms with Crippen molar-refractivity contribution in [1.29, 1.82) is 0 Å². The van der Waals surface area contributed by atoms with Gasteiger partial charge in [0.25, 0.3) is 0 Å². The summed E-state index contributed by atoms with van der Waals surface area (Å²) in [7, 11) is 3.88. The second-order valence-electron chi connectivity index (χ2n) is 8.97. The molecule has 4 atom stereocenters. The van der Waals surface area contributed by atoms with Gasteiger partial charge in [-0.15, -0.1) is 0 Å². The number of carbonyl (C=O) groups excluding carboxylic acids is 1. The lowest BCUT2D eigenvalue weighted by molar-refractivity contribution is -0.151. The molecule has 4 aliphatic rings. The van der Waals surface area contributed by atoms with Gasteiger partial charge in [-0.3, -0.25) is 4.79 Å². The number of ether oxygens (including phenoxy) is 3. The fourth-order valence-corrected chi connectivity index (χ4v) is 5.64. The first-order valence-corrected chi connectivity index (χ1v) is 10.3. The minimum absolute atomic E-state index is 0.0254. The Hall–Kier alpha value is -1.75. The summed E-state index contributed by atoms with van der Waals surface area (Å²) in [6.45, 7) is 4.19. The normalized spacial score (nSPS) is 34.4. The monoisotopic (exact) mass is 371 g/mol. The number of carbonyl (C=O) groups is 1. The van der Waals surface area contributed by atoms with Crippen molar-refractivity contribution < 1.29 is 19.0 Å². The van der Waals surface area contributed by atoms with E-state index in [1.54, 1.807) is 7.11 Å². The zero-order valence-corrected chi connectivity index (χ0v) is 16.5. The first-order chi connectivity index (χ1) is 13.0. The Bertz CT molecular complexity index is 774. The molecular formula is C22H29NO4. The molecule has 0 bridgehead atoms. The predicted molar refractivity (Wildman–Crippen MR) is 101 cm³/mol. The first kappa shape index (κ1) is 17.4. The molecule has 1 spiro atoms. The van der Waals surface area contributed by atoms with Crippen LogP contribution < -0.4 is 9.47 Å². The highest BCUT2D eigenvalue weighted by Gasteiger charge is 2.62. The Morgan fingerprint density at radius 2 is 2.19 bits per heavy atom. The van der Waals surface area contributed by atoms with Gasteiger partial charge in [-0.25, -0.2) is 0 Å². The number of hydrogen-bond donors (Lipinski definition) is 0. The Morgan fingerprint density at radius 3 is 2.93 bits per heavy atom. The predicted octanol–water partition coefficient (Wildman–Crippen LogP) is 3.28. The molecule has 5 rings (SSSR count). The standard InChI is InChI=1S/C22H29NO4/c1-13-17(26-19(24)10-14-4-5-14)11-18-22(13)8-9-23(2)12-15-6-7-16(25-3)21(27-18)20(15)22/h6-7,13-14,17-18H,4-5,8-12H2,1-3H3/t13?,17-,18+,22-/m1/s1. The van der Waals surface area contributed by atoms with E-state index in [2.05, 4.69) is 24.9 Å². The Balaban J connectivity index is 1.51. The van der Waals surface area contributed by atoms with Crippen LogP contribution in [0.4, 0.5) is 0 Å². The highest BCUT2D eigenvalue weighted by atomic mass is 16.6. The van der Waals surface area contributed by atoms with E-state index in [4.69, 9.17) is 14.2 Å². The maximum atomic E-state index is 12.4. The van der Waals surface area contributed by atoms with Crippen molar-refractivity contribution in [2.45, 2.75) is 63.2 Å². The molecule has 2 saturated carbocycles. The highest BCUT2D eigenvalue weighted by molar-refractivity contribution is 5.70. The molecule has 0 N–H and O–H groups in total. The van der Waals surface area contributed by atoms with E-state index in [0.29, 0.717) is 12.3 Å². The van der Waals surface area contributed by atoms with Crippen LogP contribution in [0.15, 0.2) is 12.1 Å². The summed E-state index contributed by atoms with van der Waals surface area (Å²) in [6.07, 6.45) is 4.74. The number of hydrogen-bond acceptors (Lipinski definition) is 5. The SMILES string of the molecule is COc1ccc2c3c1O[C@H]1C[C@@H](OC(=O)CC4CC4)C(C)[C@@]31CCN(C)C2. The molecule has 0 amide bonds. The van der Waals surface area contributed by atoms with Gasteiger partial charge in [0, 0.05) is 36.3 Å². The third-order valence-electron chi connectivity index (χ3n) is 7.33. The summed E-state index contributed by atoms with van der Waals surface area (Å²) in [5, 5.41) is 0.